The van der Waals surface area contributed by atoms with Crippen LogP contribution in [0.1, 0.15) is 39.2 Å². The molecule has 0 atom stereocenters. The summed E-state index contributed by atoms with van der Waals surface area (Å²) in [4.78, 5) is 26.5. The van der Waals surface area contributed by atoms with Crippen LogP contribution in [-0.2, 0) is 14.9 Å². The highest BCUT2D eigenvalue weighted by Crippen LogP contribution is 2.48. The van der Waals surface area contributed by atoms with Crippen molar-refractivity contribution in [2.75, 3.05) is 18.4 Å². The van der Waals surface area contributed by atoms with Gasteiger partial charge >= 0.3 is 6.09 Å². The second-order valence-corrected chi connectivity index (χ2v) is 8.02. The van der Waals surface area contributed by atoms with Gasteiger partial charge in [0, 0.05) is 28.8 Å². The van der Waals surface area contributed by atoms with Gasteiger partial charge in [0.1, 0.15) is 5.60 Å². The van der Waals surface area contributed by atoms with Crippen LogP contribution < -0.4 is 5.32 Å². The summed E-state index contributed by atoms with van der Waals surface area (Å²) in [6.07, 6.45) is 0.902. The Kier molecular flexibility index (Phi) is 3.91. The van der Waals surface area contributed by atoms with E-state index in [1.54, 1.807) is 4.90 Å². The van der Waals surface area contributed by atoms with Crippen LogP contribution in [0.15, 0.2) is 22.7 Å². The SMILES string of the molecule is CC(C)(C)OC(=O)N1CCC2(CC1)C(=O)Nc1cccc(Br)c12. The molecule has 0 radical (unpaired) electrons. The molecule has 1 spiro atoms. The van der Waals surface area contributed by atoms with Gasteiger partial charge in [-0.3, -0.25) is 4.79 Å². The first-order valence-corrected chi connectivity index (χ1v) is 8.61. The lowest BCUT2D eigenvalue weighted by Crippen LogP contribution is -2.49. The number of likely N-dealkylation sites (tertiary alicyclic amines) is 1. The van der Waals surface area contributed by atoms with E-state index in [4.69, 9.17) is 4.74 Å². The number of benzene rings is 1. The van der Waals surface area contributed by atoms with Crippen LogP contribution in [0.5, 0.6) is 0 Å². The molecule has 1 fully saturated rings. The number of nitrogens with one attached hydrogen (secondary N) is 1. The van der Waals surface area contributed by atoms with Crippen molar-refractivity contribution in [3.05, 3.63) is 28.2 Å². The molecule has 5 nitrogen and oxygen atoms in total. The highest BCUT2D eigenvalue weighted by Gasteiger charge is 2.50. The molecule has 0 unspecified atom stereocenters. The maximum Gasteiger partial charge on any atom is 0.410 e. The molecule has 2 aliphatic rings. The van der Waals surface area contributed by atoms with Crippen molar-refractivity contribution in [3.8, 4) is 0 Å². The number of fused-ring (bicyclic) bond motifs is 2. The third-order valence-electron chi connectivity index (χ3n) is 4.44. The monoisotopic (exact) mass is 380 g/mol. The smallest absolute Gasteiger partial charge is 0.410 e. The third-order valence-corrected chi connectivity index (χ3v) is 5.10. The van der Waals surface area contributed by atoms with E-state index in [0.29, 0.717) is 25.9 Å². The van der Waals surface area contributed by atoms with Crippen LogP contribution in [0.4, 0.5) is 10.5 Å². The first kappa shape index (κ1) is 16.3. The lowest BCUT2D eigenvalue weighted by molar-refractivity contribution is -0.122. The zero-order valence-corrected chi connectivity index (χ0v) is 15.2. The molecule has 3 rings (SSSR count). The highest BCUT2D eigenvalue weighted by molar-refractivity contribution is 9.10. The minimum Gasteiger partial charge on any atom is -0.444 e. The summed E-state index contributed by atoms with van der Waals surface area (Å²) in [5.74, 6) is 0.0308. The van der Waals surface area contributed by atoms with Crippen molar-refractivity contribution in [2.24, 2.45) is 0 Å². The Balaban J connectivity index is 1.79. The van der Waals surface area contributed by atoms with Crippen LogP contribution in [0.3, 0.4) is 0 Å². The Morgan fingerprint density at radius 3 is 2.57 bits per heavy atom. The molecule has 6 heteroatoms. The summed E-state index contributed by atoms with van der Waals surface area (Å²) in [6.45, 7) is 6.60. The predicted octanol–water partition coefficient (Wildman–Crippen LogP) is 3.67. The number of amides is 2. The number of piperidine rings is 1. The average Bonchev–Trinajstić information content (AvgIpc) is 2.71. The average molecular weight is 381 g/mol. The van der Waals surface area contributed by atoms with Gasteiger partial charge in [0.05, 0.1) is 5.41 Å². The van der Waals surface area contributed by atoms with Crippen molar-refractivity contribution >= 4 is 33.6 Å². The summed E-state index contributed by atoms with van der Waals surface area (Å²) >= 11 is 3.57. The van der Waals surface area contributed by atoms with Gasteiger partial charge in [0.15, 0.2) is 0 Å². The Labute approximate surface area is 144 Å². The van der Waals surface area contributed by atoms with E-state index < -0.39 is 11.0 Å². The molecule has 2 amide bonds. The zero-order valence-electron chi connectivity index (χ0n) is 13.6. The molecule has 1 N–H and O–H groups in total. The fourth-order valence-corrected chi connectivity index (χ4v) is 4.09. The Morgan fingerprint density at radius 1 is 1.30 bits per heavy atom. The Hall–Kier alpha value is -1.56. The highest BCUT2D eigenvalue weighted by atomic mass is 79.9. The first-order valence-electron chi connectivity index (χ1n) is 7.81. The van der Waals surface area contributed by atoms with E-state index in [0.717, 1.165) is 15.7 Å². The number of anilines is 1. The van der Waals surface area contributed by atoms with Gasteiger partial charge in [-0.15, -0.1) is 0 Å². The van der Waals surface area contributed by atoms with E-state index >= 15 is 0 Å². The number of carbonyl (C=O) groups excluding carboxylic acids is 2. The van der Waals surface area contributed by atoms with Gasteiger partial charge in [-0.05, 0) is 45.7 Å². The Morgan fingerprint density at radius 2 is 1.96 bits per heavy atom. The van der Waals surface area contributed by atoms with Crippen molar-refractivity contribution < 1.29 is 14.3 Å². The second-order valence-electron chi connectivity index (χ2n) is 7.17. The standard InChI is InChI=1S/C17H21BrN2O3/c1-16(2,3)23-15(22)20-9-7-17(8-10-20)13-11(18)5-4-6-12(13)19-14(17)21/h4-6H,7-10H2,1-3H3,(H,19,21). The fraction of sp³-hybridized carbons (Fsp3) is 0.529. The zero-order chi connectivity index (χ0) is 16.8. The van der Waals surface area contributed by atoms with Crippen LogP contribution >= 0.6 is 15.9 Å². The van der Waals surface area contributed by atoms with Crippen molar-refractivity contribution in [1.29, 1.82) is 0 Å². The van der Waals surface area contributed by atoms with E-state index in [9.17, 15) is 9.59 Å². The molecular weight excluding hydrogens is 360 g/mol. The van der Waals surface area contributed by atoms with Crippen LogP contribution in [-0.4, -0.2) is 35.6 Å². The molecule has 0 bridgehead atoms. The summed E-state index contributed by atoms with van der Waals surface area (Å²) < 4.78 is 6.37. The maximum absolute atomic E-state index is 12.6. The lowest BCUT2D eigenvalue weighted by atomic mass is 9.74. The molecular formula is C17H21BrN2O3. The molecule has 2 aliphatic heterocycles. The van der Waals surface area contributed by atoms with Crippen molar-refractivity contribution in [3.63, 3.8) is 0 Å². The quantitative estimate of drug-likeness (QED) is 0.746. The van der Waals surface area contributed by atoms with Gasteiger partial charge in [-0.1, -0.05) is 22.0 Å². The van der Waals surface area contributed by atoms with E-state index in [1.807, 2.05) is 39.0 Å². The summed E-state index contributed by atoms with van der Waals surface area (Å²) in [7, 11) is 0. The minimum absolute atomic E-state index is 0.0308. The van der Waals surface area contributed by atoms with Crippen LogP contribution in [0.25, 0.3) is 0 Å². The molecule has 1 aromatic rings. The summed E-state index contributed by atoms with van der Waals surface area (Å²) in [5.41, 5.74) is 0.837. The molecule has 1 saturated heterocycles. The van der Waals surface area contributed by atoms with Crippen LogP contribution in [0.2, 0.25) is 0 Å². The number of ether oxygens (including phenoxy) is 1. The van der Waals surface area contributed by atoms with Gasteiger partial charge in [-0.25, -0.2) is 4.79 Å². The maximum atomic E-state index is 12.6. The van der Waals surface area contributed by atoms with Crippen molar-refractivity contribution in [1.82, 2.24) is 4.90 Å². The second kappa shape index (κ2) is 5.51. The van der Waals surface area contributed by atoms with Gasteiger partial charge in [0.25, 0.3) is 0 Å². The molecule has 2 heterocycles. The molecule has 0 aliphatic carbocycles. The number of hydrogen-bond donors (Lipinski definition) is 1. The van der Waals surface area contributed by atoms with Crippen LogP contribution in [0, 0.1) is 0 Å². The number of nitrogens with zero attached hydrogens (tertiary/aromatic N) is 1. The van der Waals surface area contributed by atoms with Crippen molar-refractivity contribution in [2.45, 2.75) is 44.6 Å². The third kappa shape index (κ3) is 2.84. The van der Waals surface area contributed by atoms with E-state index in [-0.39, 0.29) is 12.0 Å². The largest absolute Gasteiger partial charge is 0.444 e. The van der Waals surface area contributed by atoms with Gasteiger partial charge in [0.2, 0.25) is 5.91 Å². The molecule has 1 aromatic carbocycles. The fourth-order valence-electron chi connectivity index (χ4n) is 3.34. The minimum atomic E-state index is -0.548. The predicted molar refractivity (Wildman–Crippen MR) is 91.5 cm³/mol. The number of carbonyl (C=O) groups is 2. The molecule has 0 aromatic heterocycles. The number of rotatable bonds is 0. The van der Waals surface area contributed by atoms with Gasteiger partial charge in [-0.2, -0.15) is 0 Å². The summed E-state index contributed by atoms with van der Waals surface area (Å²) in [6, 6.07) is 5.80. The van der Waals surface area contributed by atoms with Gasteiger partial charge < -0.3 is 15.0 Å². The van der Waals surface area contributed by atoms with E-state index in [2.05, 4.69) is 21.2 Å². The number of hydrogen-bond acceptors (Lipinski definition) is 3. The molecule has 23 heavy (non-hydrogen) atoms. The number of halogens is 1. The molecule has 0 saturated carbocycles. The lowest BCUT2D eigenvalue weighted by Gasteiger charge is -2.38. The Bertz CT molecular complexity index is 658. The topological polar surface area (TPSA) is 58.6 Å². The normalized spacial score (nSPS) is 19.5. The first-order chi connectivity index (χ1) is 10.7. The summed E-state index contributed by atoms with van der Waals surface area (Å²) in [5, 5.41) is 2.98. The molecule has 124 valence electrons. The van der Waals surface area contributed by atoms with E-state index in [1.165, 1.54) is 0 Å².